The molecule has 2 rings (SSSR count). The van der Waals surface area contributed by atoms with Gasteiger partial charge in [0.2, 0.25) is 0 Å². The third-order valence-electron chi connectivity index (χ3n) is 4.12. The SMILES string of the molecule is CCN(CC)CCNC(C#N)c1ccc(C2CC2)cc1. The highest BCUT2D eigenvalue weighted by Gasteiger charge is 2.23. The van der Waals surface area contributed by atoms with Gasteiger partial charge < -0.3 is 4.90 Å². The average molecular weight is 271 g/mol. The van der Waals surface area contributed by atoms with E-state index in [0.717, 1.165) is 37.7 Å². The fourth-order valence-corrected chi connectivity index (χ4v) is 2.52. The largest absolute Gasteiger partial charge is 0.303 e. The van der Waals surface area contributed by atoms with E-state index in [1.165, 1.54) is 18.4 Å². The maximum atomic E-state index is 9.32. The predicted octanol–water partition coefficient (Wildman–Crippen LogP) is 3.06. The number of nitrogens with zero attached hydrogens (tertiary/aromatic N) is 2. The molecule has 1 fully saturated rings. The predicted molar refractivity (Wildman–Crippen MR) is 82.6 cm³/mol. The minimum Gasteiger partial charge on any atom is -0.303 e. The summed E-state index contributed by atoms with van der Waals surface area (Å²) in [6.45, 7) is 8.30. The van der Waals surface area contributed by atoms with Crippen LogP contribution in [0.5, 0.6) is 0 Å². The van der Waals surface area contributed by atoms with Gasteiger partial charge in [0.05, 0.1) is 6.07 Å². The summed E-state index contributed by atoms with van der Waals surface area (Å²) >= 11 is 0. The van der Waals surface area contributed by atoms with Crippen molar-refractivity contribution in [1.29, 1.82) is 5.26 Å². The van der Waals surface area contributed by atoms with Crippen LogP contribution in [0.2, 0.25) is 0 Å². The number of hydrogen-bond donors (Lipinski definition) is 1. The van der Waals surface area contributed by atoms with E-state index in [1.807, 2.05) is 0 Å². The zero-order valence-corrected chi connectivity index (χ0v) is 12.6. The monoisotopic (exact) mass is 271 g/mol. The van der Waals surface area contributed by atoms with Gasteiger partial charge in [-0.25, -0.2) is 0 Å². The van der Waals surface area contributed by atoms with Crippen molar-refractivity contribution in [2.24, 2.45) is 0 Å². The first-order chi connectivity index (χ1) is 9.78. The molecule has 1 aliphatic rings. The molecule has 1 atom stereocenters. The molecule has 0 saturated heterocycles. The summed E-state index contributed by atoms with van der Waals surface area (Å²) in [5.41, 5.74) is 2.50. The van der Waals surface area contributed by atoms with E-state index in [1.54, 1.807) is 0 Å². The van der Waals surface area contributed by atoms with Crippen LogP contribution in [0.1, 0.15) is 49.8 Å². The van der Waals surface area contributed by atoms with Crippen LogP contribution < -0.4 is 5.32 Å². The van der Waals surface area contributed by atoms with Crippen molar-refractivity contribution >= 4 is 0 Å². The van der Waals surface area contributed by atoms with E-state index < -0.39 is 0 Å². The average Bonchev–Trinajstić information content (AvgIpc) is 3.33. The third-order valence-corrected chi connectivity index (χ3v) is 4.12. The first kappa shape index (κ1) is 15.0. The van der Waals surface area contributed by atoms with Crippen molar-refractivity contribution in [2.45, 2.75) is 38.6 Å². The van der Waals surface area contributed by atoms with Crippen LogP contribution in [0, 0.1) is 11.3 Å². The van der Waals surface area contributed by atoms with E-state index in [2.05, 4.69) is 54.4 Å². The van der Waals surface area contributed by atoms with Gasteiger partial charge >= 0.3 is 0 Å². The van der Waals surface area contributed by atoms with Gasteiger partial charge in [0, 0.05) is 13.1 Å². The highest BCUT2D eigenvalue weighted by Crippen LogP contribution is 2.40. The zero-order chi connectivity index (χ0) is 14.4. The molecule has 1 aromatic carbocycles. The van der Waals surface area contributed by atoms with Crippen LogP contribution in [0.4, 0.5) is 0 Å². The van der Waals surface area contributed by atoms with E-state index >= 15 is 0 Å². The Morgan fingerprint density at radius 1 is 1.25 bits per heavy atom. The Hall–Kier alpha value is -1.37. The Balaban J connectivity index is 1.86. The second kappa shape index (κ2) is 7.42. The first-order valence-electron chi connectivity index (χ1n) is 7.73. The lowest BCUT2D eigenvalue weighted by Gasteiger charge is -2.19. The van der Waals surface area contributed by atoms with Crippen molar-refractivity contribution in [3.8, 4) is 6.07 Å². The van der Waals surface area contributed by atoms with Gasteiger partial charge in [0.25, 0.3) is 0 Å². The number of nitrogens with one attached hydrogen (secondary N) is 1. The van der Waals surface area contributed by atoms with Crippen molar-refractivity contribution in [3.05, 3.63) is 35.4 Å². The van der Waals surface area contributed by atoms with E-state index in [9.17, 15) is 5.26 Å². The second-order valence-electron chi connectivity index (χ2n) is 5.48. The summed E-state index contributed by atoms with van der Waals surface area (Å²) in [6.07, 6.45) is 2.65. The normalized spacial score (nSPS) is 16.1. The molecule has 1 saturated carbocycles. The smallest absolute Gasteiger partial charge is 0.121 e. The van der Waals surface area contributed by atoms with Gasteiger partial charge in [0.15, 0.2) is 0 Å². The molecular weight excluding hydrogens is 246 g/mol. The highest BCUT2D eigenvalue weighted by atomic mass is 15.1. The number of nitriles is 1. The Labute approximate surface area is 122 Å². The molecule has 1 aliphatic carbocycles. The summed E-state index contributed by atoms with van der Waals surface area (Å²) < 4.78 is 0. The van der Waals surface area contributed by atoms with Gasteiger partial charge in [0.1, 0.15) is 6.04 Å². The quantitative estimate of drug-likeness (QED) is 0.790. The minimum absolute atomic E-state index is 0.196. The Morgan fingerprint density at radius 2 is 1.90 bits per heavy atom. The van der Waals surface area contributed by atoms with E-state index in [-0.39, 0.29) is 6.04 Å². The highest BCUT2D eigenvalue weighted by molar-refractivity contribution is 5.31. The summed E-state index contributed by atoms with van der Waals surface area (Å²) in [4.78, 5) is 2.36. The molecule has 0 amide bonds. The number of likely N-dealkylation sites (N-methyl/N-ethyl adjacent to an activating group) is 1. The van der Waals surface area contributed by atoms with Crippen molar-refractivity contribution in [1.82, 2.24) is 10.2 Å². The molecule has 20 heavy (non-hydrogen) atoms. The molecule has 1 unspecified atom stereocenters. The maximum absolute atomic E-state index is 9.32. The van der Waals surface area contributed by atoms with Crippen LogP contribution in [0.15, 0.2) is 24.3 Å². The molecule has 0 radical (unpaired) electrons. The molecule has 0 bridgehead atoms. The Morgan fingerprint density at radius 3 is 2.40 bits per heavy atom. The number of benzene rings is 1. The first-order valence-corrected chi connectivity index (χ1v) is 7.73. The van der Waals surface area contributed by atoms with E-state index in [0.29, 0.717) is 0 Å². The van der Waals surface area contributed by atoms with Crippen molar-refractivity contribution in [2.75, 3.05) is 26.2 Å². The standard InChI is InChI=1S/C17H25N3/c1-3-20(4-2)12-11-19-17(13-18)16-9-7-15(8-10-16)14-5-6-14/h7-10,14,17,19H,3-6,11-12H2,1-2H3. The van der Waals surface area contributed by atoms with E-state index in [4.69, 9.17) is 0 Å². The van der Waals surface area contributed by atoms with Gasteiger partial charge in [-0.1, -0.05) is 38.1 Å². The topological polar surface area (TPSA) is 39.1 Å². The molecule has 0 aromatic heterocycles. The van der Waals surface area contributed by atoms with Crippen molar-refractivity contribution < 1.29 is 0 Å². The van der Waals surface area contributed by atoms with Crippen LogP contribution >= 0.6 is 0 Å². The second-order valence-corrected chi connectivity index (χ2v) is 5.48. The maximum Gasteiger partial charge on any atom is 0.121 e. The van der Waals surface area contributed by atoms with Gasteiger partial charge in [-0.2, -0.15) is 5.26 Å². The number of hydrogen-bond acceptors (Lipinski definition) is 3. The summed E-state index contributed by atoms with van der Waals surface area (Å²) in [6, 6.07) is 10.7. The molecule has 1 N–H and O–H groups in total. The van der Waals surface area contributed by atoms with Crippen LogP contribution in [0.3, 0.4) is 0 Å². The lowest BCUT2D eigenvalue weighted by molar-refractivity contribution is 0.300. The molecule has 0 aliphatic heterocycles. The van der Waals surface area contributed by atoms with Gasteiger partial charge in [-0.15, -0.1) is 0 Å². The summed E-state index contributed by atoms with van der Waals surface area (Å²) in [5.74, 6) is 0.778. The zero-order valence-electron chi connectivity index (χ0n) is 12.6. The van der Waals surface area contributed by atoms with Crippen LogP contribution in [-0.2, 0) is 0 Å². The molecule has 0 heterocycles. The molecule has 3 nitrogen and oxygen atoms in total. The lowest BCUT2D eigenvalue weighted by atomic mass is 10.0. The molecule has 1 aromatic rings. The van der Waals surface area contributed by atoms with Crippen LogP contribution in [0.25, 0.3) is 0 Å². The minimum atomic E-state index is -0.196. The molecule has 3 heteroatoms. The lowest BCUT2D eigenvalue weighted by Crippen LogP contribution is -2.33. The van der Waals surface area contributed by atoms with Gasteiger partial charge in [-0.05, 0) is 43.0 Å². The van der Waals surface area contributed by atoms with Crippen molar-refractivity contribution in [3.63, 3.8) is 0 Å². The number of rotatable bonds is 8. The Bertz CT molecular complexity index is 438. The molecular formula is C17H25N3. The van der Waals surface area contributed by atoms with Crippen LogP contribution in [-0.4, -0.2) is 31.1 Å². The third kappa shape index (κ3) is 4.06. The fourth-order valence-electron chi connectivity index (χ4n) is 2.52. The fraction of sp³-hybridized carbons (Fsp3) is 0.588. The molecule has 0 spiro atoms. The molecule has 108 valence electrons. The summed E-state index contributed by atoms with van der Waals surface area (Å²) in [5, 5.41) is 12.7. The Kier molecular flexibility index (Phi) is 5.58. The van der Waals surface area contributed by atoms with Gasteiger partial charge in [-0.3, -0.25) is 5.32 Å². The summed E-state index contributed by atoms with van der Waals surface area (Å²) in [7, 11) is 0.